The van der Waals surface area contributed by atoms with Crippen molar-refractivity contribution in [1.82, 2.24) is 24.9 Å². The summed E-state index contributed by atoms with van der Waals surface area (Å²) in [5.74, 6) is 1.85. The molecule has 0 aliphatic carbocycles. The molecule has 4 rings (SSSR count). The molecule has 1 saturated heterocycles. The maximum Gasteiger partial charge on any atom is 0.265 e. The Labute approximate surface area is 187 Å². The minimum Gasteiger partial charge on any atom is -0.338 e. The summed E-state index contributed by atoms with van der Waals surface area (Å²) in [6.07, 6.45) is 0.918. The van der Waals surface area contributed by atoms with Gasteiger partial charge in [-0.1, -0.05) is 48.8 Å². The summed E-state index contributed by atoms with van der Waals surface area (Å²) in [4.78, 5) is 27.1. The second-order valence-electron chi connectivity index (χ2n) is 8.57. The zero-order valence-electron chi connectivity index (χ0n) is 18.6. The fourth-order valence-corrected chi connectivity index (χ4v) is 4.91. The Morgan fingerprint density at radius 3 is 2.48 bits per heavy atom. The molecule has 8 heteroatoms. The molecule has 1 amide bonds. The number of carbonyl (C=O) groups excluding carboxylic acids is 1. The minimum absolute atomic E-state index is 0.101. The van der Waals surface area contributed by atoms with Gasteiger partial charge < -0.3 is 9.42 Å². The Morgan fingerprint density at radius 1 is 1.10 bits per heavy atom. The second-order valence-corrected chi connectivity index (χ2v) is 9.65. The number of piperazine rings is 1. The molecule has 0 radical (unpaired) electrons. The molecule has 0 spiro atoms. The zero-order chi connectivity index (χ0) is 22.0. The van der Waals surface area contributed by atoms with Gasteiger partial charge in [0.1, 0.15) is 4.88 Å². The molecule has 1 fully saturated rings. The molecule has 1 aliphatic heterocycles. The van der Waals surface area contributed by atoms with E-state index in [1.165, 1.54) is 5.56 Å². The van der Waals surface area contributed by atoms with Gasteiger partial charge in [-0.25, -0.2) is 4.98 Å². The lowest BCUT2D eigenvalue weighted by molar-refractivity contribution is 0.0619. The lowest BCUT2D eigenvalue weighted by Gasteiger charge is -2.33. The summed E-state index contributed by atoms with van der Waals surface area (Å²) in [6.45, 7) is 11.9. The van der Waals surface area contributed by atoms with E-state index in [1.807, 2.05) is 36.1 Å². The SMILES string of the molecule is Cc1ccc(-c2noc(CN3CCN(C(=O)c4sc(CC(C)C)nc4C)CC3)n2)cc1. The van der Waals surface area contributed by atoms with Crippen molar-refractivity contribution in [2.45, 2.75) is 40.7 Å². The van der Waals surface area contributed by atoms with Crippen molar-refractivity contribution < 1.29 is 9.32 Å². The van der Waals surface area contributed by atoms with Crippen LogP contribution in [0.5, 0.6) is 0 Å². The highest BCUT2D eigenvalue weighted by molar-refractivity contribution is 7.13. The number of carbonyl (C=O) groups is 1. The molecule has 3 aromatic rings. The number of nitrogens with zero attached hydrogens (tertiary/aromatic N) is 5. The number of benzene rings is 1. The van der Waals surface area contributed by atoms with E-state index in [4.69, 9.17) is 4.52 Å². The molecule has 31 heavy (non-hydrogen) atoms. The van der Waals surface area contributed by atoms with E-state index in [2.05, 4.69) is 40.8 Å². The molecule has 0 unspecified atom stereocenters. The quantitative estimate of drug-likeness (QED) is 0.579. The minimum atomic E-state index is 0.101. The van der Waals surface area contributed by atoms with Crippen LogP contribution in [-0.4, -0.2) is 57.0 Å². The fourth-order valence-electron chi connectivity index (χ4n) is 3.67. The van der Waals surface area contributed by atoms with Crippen LogP contribution in [0, 0.1) is 19.8 Å². The van der Waals surface area contributed by atoms with E-state index >= 15 is 0 Å². The third-order valence-corrected chi connectivity index (χ3v) is 6.58. The van der Waals surface area contributed by atoms with Gasteiger partial charge in [0.15, 0.2) is 0 Å². The van der Waals surface area contributed by atoms with Gasteiger partial charge in [0, 0.05) is 38.2 Å². The summed E-state index contributed by atoms with van der Waals surface area (Å²) < 4.78 is 5.46. The van der Waals surface area contributed by atoms with Gasteiger partial charge in [0.2, 0.25) is 11.7 Å². The van der Waals surface area contributed by atoms with E-state index in [0.717, 1.165) is 40.7 Å². The largest absolute Gasteiger partial charge is 0.338 e. The fraction of sp³-hybridized carbons (Fsp3) is 0.478. The Kier molecular flexibility index (Phi) is 6.48. The Bertz CT molecular complexity index is 1030. The average Bonchev–Trinajstić information content (AvgIpc) is 3.34. The van der Waals surface area contributed by atoms with Crippen LogP contribution in [-0.2, 0) is 13.0 Å². The van der Waals surface area contributed by atoms with E-state index in [-0.39, 0.29) is 5.91 Å². The Morgan fingerprint density at radius 2 is 1.81 bits per heavy atom. The van der Waals surface area contributed by atoms with Crippen LogP contribution in [0.25, 0.3) is 11.4 Å². The highest BCUT2D eigenvalue weighted by atomic mass is 32.1. The first kappa shape index (κ1) is 21.6. The van der Waals surface area contributed by atoms with E-state index in [1.54, 1.807) is 11.3 Å². The smallest absolute Gasteiger partial charge is 0.265 e. The predicted octanol–water partition coefficient (Wildman–Crippen LogP) is 3.97. The number of rotatable bonds is 6. The van der Waals surface area contributed by atoms with Gasteiger partial charge in [0.05, 0.1) is 17.2 Å². The van der Waals surface area contributed by atoms with Gasteiger partial charge in [-0.2, -0.15) is 4.98 Å². The molecular weight excluding hydrogens is 410 g/mol. The van der Waals surface area contributed by atoms with E-state index in [0.29, 0.717) is 37.3 Å². The van der Waals surface area contributed by atoms with Crippen molar-refractivity contribution in [3.63, 3.8) is 0 Å². The van der Waals surface area contributed by atoms with Crippen molar-refractivity contribution >= 4 is 17.2 Å². The van der Waals surface area contributed by atoms with Crippen LogP contribution in [0.3, 0.4) is 0 Å². The van der Waals surface area contributed by atoms with Crippen molar-refractivity contribution in [2.24, 2.45) is 5.92 Å². The molecule has 2 aromatic heterocycles. The molecule has 0 N–H and O–H groups in total. The first-order chi connectivity index (χ1) is 14.9. The maximum atomic E-state index is 13.0. The molecule has 1 aromatic carbocycles. The second kappa shape index (κ2) is 9.28. The number of hydrogen-bond donors (Lipinski definition) is 0. The summed E-state index contributed by atoms with van der Waals surface area (Å²) in [5, 5.41) is 5.17. The number of amides is 1. The lowest BCUT2D eigenvalue weighted by Crippen LogP contribution is -2.48. The van der Waals surface area contributed by atoms with Crippen molar-refractivity contribution in [2.75, 3.05) is 26.2 Å². The van der Waals surface area contributed by atoms with E-state index in [9.17, 15) is 4.79 Å². The third-order valence-electron chi connectivity index (χ3n) is 5.41. The average molecular weight is 440 g/mol. The van der Waals surface area contributed by atoms with Gasteiger partial charge in [-0.15, -0.1) is 11.3 Å². The van der Waals surface area contributed by atoms with Crippen LogP contribution >= 0.6 is 11.3 Å². The first-order valence-corrected chi connectivity index (χ1v) is 11.6. The molecule has 0 bridgehead atoms. The Balaban J connectivity index is 1.32. The zero-order valence-corrected chi connectivity index (χ0v) is 19.4. The van der Waals surface area contributed by atoms with Crippen LogP contribution in [0.2, 0.25) is 0 Å². The first-order valence-electron chi connectivity index (χ1n) is 10.8. The molecule has 3 heterocycles. The third kappa shape index (κ3) is 5.19. The monoisotopic (exact) mass is 439 g/mol. The summed E-state index contributed by atoms with van der Waals surface area (Å²) in [5.41, 5.74) is 3.00. The van der Waals surface area contributed by atoms with Crippen LogP contribution in [0.1, 0.15) is 45.7 Å². The van der Waals surface area contributed by atoms with Gasteiger partial charge in [0.25, 0.3) is 5.91 Å². The molecule has 1 aliphatic rings. The molecular formula is C23H29N5O2S. The summed E-state index contributed by atoms with van der Waals surface area (Å²) >= 11 is 1.55. The molecule has 0 saturated carbocycles. The van der Waals surface area contributed by atoms with Crippen LogP contribution in [0.4, 0.5) is 0 Å². The van der Waals surface area contributed by atoms with Gasteiger partial charge in [-0.05, 0) is 19.8 Å². The molecule has 7 nitrogen and oxygen atoms in total. The van der Waals surface area contributed by atoms with Gasteiger partial charge in [-0.3, -0.25) is 9.69 Å². The predicted molar refractivity (Wildman–Crippen MR) is 121 cm³/mol. The maximum absolute atomic E-state index is 13.0. The number of hydrogen-bond acceptors (Lipinski definition) is 7. The number of aromatic nitrogens is 3. The van der Waals surface area contributed by atoms with Crippen molar-refractivity contribution in [1.29, 1.82) is 0 Å². The van der Waals surface area contributed by atoms with Crippen LogP contribution < -0.4 is 0 Å². The normalized spacial score (nSPS) is 15.1. The summed E-state index contributed by atoms with van der Waals surface area (Å²) in [6, 6.07) is 8.08. The Hall–Kier alpha value is -2.58. The molecule has 164 valence electrons. The van der Waals surface area contributed by atoms with Crippen molar-refractivity contribution in [3.8, 4) is 11.4 Å². The highest BCUT2D eigenvalue weighted by Gasteiger charge is 2.26. The van der Waals surface area contributed by atoms with E-state index < -0.39 is 0 Å². The standard InChI is InChI=1S/C23H29N5O2S/c1-15(2)13-20-24-17(4)21(31-20)23(29)28-11-9-27(10-12-28)14-19-25-22(26-30-19)18-7-5-16(3)6-8-18/h5-8,15H,9-14H2,1-4H3. The topological polar surface area (TPSA) is 75.4 Å². The van der Waals surface area contributed by atoms with Gasteiger partial charge >= 0.3 is 0 Å². The van der Waals surface area contributed by atoms with Crippen molar-refractivity contribution in [3.05, 3.63) is 51.3 Å². The number of aryl methyl sites for hydroxylation is 2. The lowest BCUT2D eigenvalue weighted by atomic mass is 10.1. The highest BCUT2D eigenvalue weighted by Crippen LogP contribution is 2.23. The molecule has 0 atom stereocenters. The summed E-state index contributed by atoms with van der Waals surface area (Å²) in [7, 11) is 0. The van der Waals surface area contributed by atoms with Crippen LogP contribution in [0.15, 0.2) is 28.8 Å². The number of thiazole rings is 1.